The quantitative estimate of drug-likeness (QED) is 0.0894. The van der Waals surface area contributed by atoms with Gasteiger partial charge in [-0.2, -0.15) is 0 Å². The molecule has 0 aliphatic carbocycles. The molecule has 0 N–H and O–H groups in total. The molecule has 0 radical (unpaired) electrons. The minimum absolute atomic E-state index is 0. The maximum atomic E-state index is 3.49. The van der Waals surface area contributed by atoms with Crippen LogP contribution in [0.1, 0.15) is 66.7 Å². The number of hydrogen-bond donors (Lipinski definition) is 0. The van der Waals surface area contributed by atoms with Gasteiger partial charge in [-0.25, -0.2) is 0 Å². The summed E-state index contributed by atoms with van der Waals surface area (Å²) in [6.07, 6.45) is 8.20. The molecule has 0 aliphatic rings. The second kappa shape index (κ2) is 22.4. The van der Waals surface area contributed by atoms with E-state index in [1.54, 1.807) is 3.58 Å². The summed E-state index contributed by atoms with van der Waals surface area (Å²) >= 11 is 1.10. The van der Waals surface area contributed by atoms with Crippen molar-refractivity contribution in [3.05, 3.63) is 174 Å². The van der Waals surface area contributed by atoms with E-state index in [-0.39, 0.29) is 7.43 Å². The third kappa shape index (κ3) is 11.8. The Morgan fingerprint density at radius 1 is 0.377 bits per heavy atom. The molecule has 4 heteroatoms. The molecule has 0 aliphatic heterocycles. The van der Waals surface area contributed by atoms with Crippen LogP contribution >= 0.6 is 15.9 Å². The van der Waals surface area contributed by atoms with Crippen molar-refractivity contribution >= 4 is 72.0 Å². The predicted molar refractivity (Wildman–Crippen MR) is 241 cm³/mol. The van der Waals surface area contributed by atoms with Gasteiger partial charge in [0.2, 0.25) is 0 Å². The molecule has 276 valence electrons. The Labute approximate surface area is 333 Å². The molecule has 0 unspecified atom stereocenters. The Balaban J connectivity index is 0.000000256. The SMILES string of the molecule is Brc1ccc(N(c2ccccc2)c2ccccc2)cc1.C.CCC[CH2][Sn]([CH2]CCC)([CH2]CCC)[c]1ccc(N(c2ccccc2)c2ccccc2)cc1. The zero-order valence-electron chi connectivity index (χ0n) is 31.3. The minimum atomic E-state index is -2.39. The molecule has 0 aromatic heterocycles. The van der Waals surface area contributed by atoms with E-state index in [0.29, 0.717) is 0 Å². The molecule has 0 heterocycles. The molecular formula is C49H59BrN2Sn. The number of hydrogen-bond acceptors (Lipinski definition) is 2. The number of anilines is 6. The number of nitrogens with zero attached hydrogens (tertiary/aromatic N) is 2. The van der Waals surface area contributed by atoms with Gasteiger partial charge >= 0.3 is 201 Å². The number of unbranched alkanes of at least 4 members (excludes halogenated alkanes) is 3. The zero-order valence-corrected chi connectivity index (χ0v) is 35.7. The summed E-state index contributed by atoms with van der Waals surface area (Å²) in [6, 6.07) is 60.5. The first-order chi connectivity index (χ1) is 25.6. The van der Waals surface area contributed by atoms with Crippen molar-refractivity contribution in [3.63, 3.8) is 0 Å². The van der Waals surface area contributed by atoms with Gasteiger partial charge in [-0.15, -0.1) is 0 Å². The van der Waals surface area contributed by atoms with E-state index >= 15 is 0 Å². The van der Waals surface area contributed by atoms with Gasteiger partial charge in [0.05, 0.1) is 0 Å². The number of halogens is 1. The van der Waals surface area contributed by atoms with Crippen LogP contribution in [-0.2, 0) is 0 Å². The fraction of sp³-hybridized carbons (Fsp3) is 0.265. The first-order valence-electron chi connectivity index (χ1n) is 19.2. The molecule has 0 atom stereocenters. The van der Waals surface area contributed by atoms with E-state index in [9.17, 15) is 0 Å². The number of rotatable bonds is 16. The van der Waals surface area contributed by atoms with Gasteiger partial charge in [0.25, 0.3) is 0 Å². The molecule has 2 nitrogen and oxygen atoms in total. The van der Waals surface area contributed by atoms with Crippen molar-refractivity contribution in [3.8, 4) is 0 Å². The Hall–Kier alpha value is -3.80. The summed E-state index contributed by atoms with van der Waals surface area (Å²) in [7, 11) is 0. The van der Waals surface area contributed by atoms with Gasteiger partial charge in [-0.05, 0) is 48.5 Å². The molecule has 53 heavy (non-hydrogen) atoms. The monoisotopic (exact) mass is 874 g/mol. The first-order valence-corrected chi connectivity index (χ1v) is 27.5. The Morgan fingerprint density at radius 2 is 0.642 bits per heavy atom. The van der Waals surface area contributed by atoms with E-state index in [2.05, 4.69) is 204 Å². The van der Waals surface area contributed by atoms with Gasteiger partial charge in [-0.3, -0.25) is 0 Å². The molecule has 0 amide bonds. The number of para-hydroxylation sites is 4. The van der Waals surface area contributed by atoms with E-state index in [4.69, 9.17) is 0 Å². The molecule has 6 rings (SSSR count). The third-order valence-corrected chi connectivity index (χ3v) is 26.1. The molecule has 0 fully saturated rings. The fourth-order valence-corrected chi connectivity index (χ4v) is 23.3. The van der Waals surface area contributed by atoms with Crippen LogP contribution in [-0.4, -0.2) is 18.4 Å². The Kier molecular flexibility index (Phi) is 17.7. The van der Waals surface area contributed by atoms with Crippen molar-refractivity contribution in [2.24, 2.45) is 0 Å². The maximum absolute atomic E-state index is 3.49. The summed E-state index contributed by atoms with van der Waals surface area (Å²) in [4.78, 5) is 4.62. The van der Waals surface area contributed by atoms with Crippen LogP contribution in [0.4, 0.5) is 34.1 Å². The Bertz CT molecular complexity index is 1730. The van der Waals surface area contributed by atoms with Crippen LogP contribution < -0.4 is 13.4 Å². The van der Waals surface area contributed by atoms with Crippen LogP contribution in [0.25, 0.3) is 0 Å². The second-order valence-corrected chi connectivity index (χ2v) is 27.8. The molecule has 0 saturated carbocycles. The van der Waals surface area contributed by atoms with E-state index < -0.39 is 18.4 Å². The van der Waals surface area contributed by atoms with Crippen LogP contribution in [0.3, 0.4) is 0 Å². The van der Waals surface area contributed by atoms with Gasteiger partial charge in [0.15, 0.2) is 0 Å². The van der Waals surface area contributed by atoms with E-state index in [1.165, 1.54) is 68.9 Å². The van der Waals surface area contributed by atoms with Gasteiger partial charge in [-0.1, -0.05) is 59.8 Å². The summed E-state index contributed by atoms with van der Waals surface area (Å²) in [5, 5.41) is 0. The van der Waals surface area contributed by atoms with Gasteiger partial charge in [0.1, 0.15) is 0 Å². The molecular weight excluding hydrogens is 815 g/mol. The van der Waals surface area contributed by atoms with Gasteiger partial charge in [0, 0.05) is 21.5 Å². The summed E-state index contributed by atoms with van der Waals surface area (Å²) < 4.78 is 7.39. The topological polar surface area (TPSA) is 6.48 Å². The summed E-state index contributed by atoms with van der Waals surface area (Å²) in [5.41, 5.74) is 7.13. The van der Waals surface area contributed by atoms with Crippen LogP contribution in [0.15, 0.2) is 174 Å². The summed E-state index contributed by atoms with van der Waals surface area (Å²) in [5.74, 6) is 0. The molecule has 6 aromatic carbocycles. The summed E-state index contributed by atoms with van der Waals surface area (Å²) in [6.45, 7) is 7.07. The predicted octanol–water partition coefficient (Wildman–Crippen LogP) is 15.8. The average molecular weight is 875 g/mol. The Morgan fingerprint density at radius 3 is 0.925 bits per heavy atom. The van der Waals surface area contributed by atoms with E-state index in [1.807, 2.05) is 12.1 Å². The van der Waals surface area contributed by atoms with Crippen molar-refractivity contribution in [1.29, 1.82) is 0 Å². The average Bonchev–Trinajstić information content (AvgIpc) is 3.21. The first kappa shape index (κ1) is 41.9. The van der Waals surface area contributed by atoms with Crippen molar-refractivity contribution < 1.29 is 0 Å². The van der Waals surface area contributed by atoms with E-state index in [0.717, 1.165) is 21.5 Å². The second-order valence-electron chi connectivity index (χ2n) is 13.6. The molecule has 6 aromatic rings. The normalized spacial score (nSPS) is 10.8. The standard InChI is InChI=1S/C18H14BrN.C18H14N.3C4H9.CH4.Sn/c19-15-11-13-18(14-12-15)20(16-7-3-1-4-8-16)17-9-5-2-6-10-17;1-4-10-16(11-5-1)19(17-12-6-2-7-13-17)18-14-8-3-9-15-18;3*1-3-4-2;;/h1-14H;1-2,4-15H;3*1,3-4H2,2H3;1H4;. The van der Waals surface area contributed by atoms with Crippen LogP contribution in [0, 0.1) is 0 Å². The molecule has 0 bridgehead atoms. The molecule has 0 spiro atoms. The van der Waals surface area contributed by atoms with Crippen molar-refractivity contribution in [1.82, 2.24) is 0 Å². The van der Waals surface area contributed by atoms with Gasteiger partial charge < -0.3 is 4.90 Å². The molecule has 0 saturated heterocycles. The third-order valence-electron chi connectivity index (χ3n) is 9.91. The fourth-order valence-electron chi connectivity index (χ4n) is 7.11. The number of benzene rings is 6. The van der Waals surface area contributed by atoms with Crippen molar-refractivity contribution in [2.45, 2.75) is 80.0 Å². The van der Waals surface area contributed by atoms with Crippen LogP contribution in [0.2, 0.25) is 13.3 Å². The zero-order chi connectivity index (χ0) is 36.4. The van der Waals surface area contributed by atoms with Crippen LogP contribution in [0.5, 0.6) is 0 Å². The van der Waals surface area contributed by atoms with Crippen molar-refractivity contribution in [2.75, 3.05) is 9.80 Å².